The summed E-state index contributed by atoms with van der Waals surface area (Å²) in [7, 11) is 0. The van der Waals surface area contributed by atoms with Crippen LogP contribution in [0.3, 0.4) is 0 Å². The predicted octanol–water partition coefficient (Wildman–Crippen LogP) is 1.87. The fourth-order valence-electron chi connectivity index (χ4n) is 1.40. The lowest BCUT2D eigenvalue weighted by Crippen LogP contribution is -2.16. The minimum Gasteiger partial charge on any atom is -0.868 e. The van der Waals surface area contributed by atoms with Gasteiger partial charge < -0.3 is 5.11 Å². The number of rotatable bonds is 2. The van der Waals surface area contributed by atoms with E-state index in [9.17, 15) is 25.3 Å². The van der Waals surface area contributed by atoms with Gasteiger partial charge in [-0.05, 0) is 16.7 Å². The lowest BCUT2D eigenvalue weighted by Gasteiger charge is -2.24. The van der Waals surface area contributed by atoms with Crippen LogP contribution < -0.4 is 5.11 Å². The minimum atomic E-state index is -0.898. The Labute approximate surface area is 97.0 Å². The standard InChI is InChI=1S/C10H12N2O5/c1-10(2,3)7-4-6(11(14)15)5-8(9(7)13)12(16)17/h4-5,13H,1-3H3/p-1. The fraction of sp³-hybridized carbons (Fsp3) is 0.400. The van der Waals surface area contributed by atoms with Gasteiger partial charge in [0.15, 0.2) is 0 Å². The molecule has 1 aromatic rings. The van der Waals surface area contributed by atoms with Crippen LogP contribution in [0.5, 0.6) is 5.75 Å². The molecule has 0 heterocycles. The van der Waals surface area contributed by atoms with E-state index in [4.69, 9.17) is 0 Å². The van der Waals surface area contributed by atoms with Gasteiger partial charge >= 0.3 is 0 Å². The maximum absolute atomic E-state index is 11.8. The van der Waals surface area contributed by atoms with E-state index >= 15 is 0 Å². The van der Waals surface area contributed by atoms with Crippen molar-refractivity contribution >= 4 is 11.4 Å². The van der Waals surface area contributed by atoms with Gasteiger partial charge in [-0.2, -0.15) is 0 Å². The van der Waals surface area contributed by atoms with Gasteiger partial charge in [-0.1, -0.05) is 20.8 Å². The van der Waals surface area contributed by atoms with E-state index in [1.807, 2.05) is 0 Å². The van der Waals surface area contributed by atoms with Crippen LogP contribution in [0, 0.1) is 20.2 Å². The van der Waals surface area contributed by atoms with E-state index in [1.54, 1.807) is 20.8 Å². The Kier molecular flexibility index (Phi) is 3.03. The lowest BCUT2D eigenvalue weighted by atomic mass is 9.85. The molecule has 0 aromatic heterocycles. The summed E-state index contributed by atoms with van der Waals surface area (Å²) in [6.07, 6.45) is 0. The van der Waals surface area contributed by atoms with Crippen LogP contribution in [0.15, 0.2) is 12.1 Å². The van der Waals surface area contributed by atoms with E-state index in [-0.39, 0.29) is 5.56 Å². The topological polar surface area (TPSA) is 109 Å². The first-order chi connectivity index (χ1) is 7.64. The lowest BCUT2D eigenvalue weighted by molar-refractivity contribution is -0.403. The molecule has 1 rings (SSSR count). The molecular formula is C10H11N2O5-. The first-order valence-electron chi connectivity index (χ1n) is 4.79. The highest BCUT2D eigenvalue weighted by atomic mass is 16.6. The van der Waals surface area contributed by atoms with Crippen molar-refractivity contribution in [2.24, 2.45) is 0 Å². The molecule has 0 N–H and O–H groups in total. The largest absolute Gasteiger partial charge is 0.868 e. The second-order valence-electron chi connectivity index (χ2n) is 4.61. The molecule has 17 heavy (non-hydrogen) atoms. The molecule has 0 atom stereocenters. The number of nitrogens with zero attached hydrogens (tertiary/aromatic N) is 2. The van der Waals surface area contributed by atoms with Crippen molar-refractivity contribution in [1.82, 2.24) is 0 Å². The number of hydrogen-bond donors (Lipinski definition) is 0. The van der Waals surface area contributed by atoms with E-state index in [0.29, 0.717) is 6.07 Å². The molecule has 7 heteroatoms. The molecule has 7 nitrogen and oxygen atoms in total. The highest BCUT2D eigenvalue weighted by Gasteiger charge is 2.24. The van der Waals surface area contributed by atoms with Gasteiger partial charge in [0.1, 0.15) is 0 Å². The molecule has 0 spiro atoms. The molecule has 0 saturated carbocycles. The number of non-ortho nitro benzene ring substituents is 1. The monoisotopic (exact) mass is 239 g/mol. The maximum atomic E-state index is 11.8. The highest BCUT2D eigenvalue weighted by molar-refractivity contribution is 5.58. The number of benzene rings is 1. The van der Waals surface area contributed by atoms with Gasteiger partial charge in [0.25, 0.3) is 11.4 Å². The third kappa shape index (κ3) is 2.49. The zero-order valence-corrected chi connectivity index (χ0v) is 9.59. The summed E-state index contributed by atoms with van der Waals surface area (Å²) in [6.45, 7) is 4.99. The van der Waals surface area contributed by atoms with Crippen molar-refractivity contribution in [3.63, 3.8) is 0 Å². The molecule has 0 radical (unpaired) electrons. The van der Waals surface area contributed by atoms with Crippen molar-refractivity contribution in [3.8, 4) is 5.75 Å². The molecule has 0 saturated heterocycles. The highest BCUT2D eigenvalue weighted by Crippen LogP contribution is 2.38. The van der Waals surface area contributed by atoms with Crippen molar-refractivity contribution in [2.75, 3.05) is 0 Å². The summed E-state index contributed by atoms with van der Waals surface area (Å²) in [6, 6.07) is 1.78. The van der Waals surface area contributed by atoms with Gasteiger partial charge in [0.2, 0.25) is 0 Å². The predicted molar refractivity (Wildman–Crippen MR) is 57.9 cm³/mol. The number of hydrogen-bond acceptors (Lipinski definition) is 5. The van der Waals surface area contributed by atoms with Crippen LogP contribution >= 0.6 is 0 Å². The van der Waals surface area contributed by atoms with Gasteiger partial charge in [0.05, 0.1) is 15.9 Å². The zero-order valence-electron chi connectivity index (χ0n) is 9.59. The van der Waals surface area contributed by atoms with E-state index < -0.39 is 32.4 Å². The van der Waals surface area contributed by atoms with Crippen molar-refractivity contribution in [3.05, 3.63) is 37.9 Å². The summed E-state index contributed by atoms with van der Waals surface area (Å²) >= 11 is 0. The van der Waals surface area contributed by atoms with Gasteiger partial charge in [-0.25, -0.2) is 0 Å². The van der Waals surface area contributed by atoms with E-state index in [0.717, 1.165) is 6.07 Å². The van der Waals surface area contributed by atoms with Crippen LogP contribution in [-0.2, 0) is 5.41 Å². The first kappa shape index (κ1) is 12.9. The SMILES string of the molecule is CC(C)(C)c1cc([N+](=O)[O-])cc([N+](=O)[O-])c1[O-]. The summed E-state index contributed by atoms with van der Waals surface area (Å²) < 4.78 is 0. The van der Waals surface area contributed by atoms with Crippen LogP contribution in [-0.4, -0.2) is 9.85 Å². The van der Waals surface area contributed by atoms with Gasteiger partial charge in [-0.3, -0.25) is 20.2 Å². The summed E-state index contributed by atoms with van der Waals surface area (Å²) in [5, 5.41) is 33.1. The average Bonchev–Trinajstić information content (AvgIpc) is 2.15. The molecule has 0 unspecified atom stereocenters. The van der Waals surface area contributed by atoms with Crippen LogP contribution in [0.25, 0.3) is 0 Å². The van der Waals surface area contributed by atoms with Crippen LogP contribution in [0.2, 0.25) is 0 Å². The molecular weight excluding hydrogens is 228 g/mol. The summed E-state index contributed by atoms with van der Waals surface area (Å²) in [5.41, 5.74) is -1.82. The molecule has 1 aromatic carbocycles. The molecule has 0 bridgehead atoms. The number of nitro benzene ring substituents is 2. The molecule has 0 aliphatic rings. The molecule has 0 amide bonds. The molecule has 0 aliphatic carbocycles. The van der Waals surface area contributed by atoms with Gasteiger partial charge in [0, 0.05) is 6.07 Å². The van der Waals surface area contributed by atoms with Crippen molar-refractivity contribution < 1.29 is 15.0 Å². The Morgan fingerprint density at radius 1 is 1.06 bits per heavy atom. The van der Waals surface area contributed by atoms with Crippen molar-refractivity contribution in [1.29, 1.82) is 0 Å². The normalized spacial score (nSPS) is 11.2. The Balaban J connectivity index is 3.60. The Bertz CT molecular complexity index is 490. The zero-order chi connectivity index (χ0) is 13.4. The molecule has 92 valence electrons. The quantitative estimate of drug-likeness (QED) is 0.578. The van der Waals surface area contributed by atoms with E-state index in [1.165, 1.54) is 0 Å². The molecule has 0 fully saturated rings. The fourth-order valence-corrected chi connectivity index (χ4v) is 1.40. The average molecular weight is 239 g/mol. The Morgan fingerprint density at radius 2 is 1.59 bits per heavy atom. The molecule has 0 aliphatic heterocycles. The Hall–Kier alpha value is -2.18. The third-order valence-corrected chi connectivity index (χ3v) is 2.27. The second kappa shape index (κ2) is 4.00. The minimum absolute atomic E-state index is 0.0680. The Morgan fingerprint density at radius 3 is 1.94 bits per heavy atom. The third-order valence-electron chi connectivity index (χ3n) is 2.27. The smallest absolute Gasteiger partial charge is 0.276 e. The van der Waals surface area contributed by atoms with Crippen LogP contribution in [0.4, 0.5) is 11.4 Å². The maximum Gasteiger partial charge on any atom is 0.276 e. The first-order valence-corrected chi connectivity index (χ1v) is 4.79. The van der Waals surface area contributed by atoms with Crippen molar-refractivity contribution in [2.45, 2.75) is 26.2 Å². The van der Waals surface area contributed by atoms with E-state index in [2.05, 4.69) is 0 Å². The summed E-state index contributed by atoms with van der Waals surface area (Å²) in [5.74, 6) is -0.770. The number of nitro groups is 2. The second-order valence-corrected chi connectivity index (χ2v) is 4.61. The van der Waals surface area contributed by atoms with Crippen LogP contribution in [0.1, 0.15) is 26.3 Å². The van der Waals surface area contributed by atoms with Gasteiger partial charge in [-0.15, -0.1) is 0 Å². The summed E-state index contributed by atoms with van der Waals surface area (Å²) in [4.78, 5) is 19.7.